The van der Waals surface area contributed by atoms with E-state index in [-0.39, 0.29) is 73.6 Å². The van der Waals surface area contributed by atoms with Gasteiger partial charge in [-0.15, -0.1) is 0 Å². The number of nitrogens with zero attached hydrogens (tertiary/aromatic N) is 4. The van der Waals surface area contributed by atoms with Crippen LogP contribution in [0.2, 0.25) is 5.15 Å². The first kappa shape index (κ1) is 45.8. The molecular weight excluding hydrogens is 820 g/mol. The fourth-order valence-corrected chi connectivity index (χ4v) is 8.08. The number of benzene rings is 4. The number of hydrogen-bond donors (Lipinski definition) is 5. The van der Waals surface area contributed by atoms with Gasteiger partial charge in [0.1, 0.15) is 6.61 Å². The Morgan fingerprint density at radius 2 is 1.49 bits per heavy atom. The van der Waals surface area contributed by atoms with Crippen molar-refractivity contribution in [2.75, 3.05) is 50.8 Å². The molecule has 63 heavy (non-hydrogen) atoms. The molecule has 0 fully saturated rings. The maximum Gasteiger partial charge on any atom is 0.409 e. The number of rotatable bonds is 20. The molecule has 0 aliphatic heterocycles. The lowest BCUT2D eigenvalue weighted by Gasteiger charge is -2.26. The number of carboxylic acid groups (broad SMARTS) is 1. The lowest BCUT2D eigenvalue weighted by Crippen LogP contribution is -2.40. The van der Waals surface area contributed by atoms with Crippen LogP contribution >= 0.6 is 11.6 Å². The Bertz CT molecular complexity index is 2350. The zero-order valence-electron chi connectivity index (χ0n) is 35.7. The molecule has 1 atom stereocenters. The molecule has 0 saturated carbocycles. The van der Waals surface area contributed by atoms with Gasteiger partial charge in [0.05, 0.1) is 0 Å². The van der Waals surface area contributed by atoms with E-state index >= 15 is 0 Å². The topological polar surface area (TPSA) is 206 Å². The van der Waals surface area contributed by atoms with Crippen LogP contribution in [0.25, 0.3) is 11.1 Å². The van der Waals surface area contributed by atoms with Gasteiger partial charge in [0, 0.05) is 50.7 Å². The van der Waals surface area contributed by atoms with Gasteiger partial charge in [-0.3, -0.25) is 9.59 Å². The summed E-state index contributed by atoms with van der Waals surface area (Å²) >= 11 is 6.02. The SMILES string of the molecule is CCCCCCN(CCNC(=O)c1ccc(CC(CNC(=O)c2nc(Cl)c(N)nc2N)CN(Cc2ccccc2)C(=O)O)c(C)c1)C(=O)OCC1c2ccccc2-c2ccccc21. The van der Waals surface area contributed by atoms with Crippen LogP contribution in [-0.2, 0) is 17.7 Å². The number of aromatic nitrogens is 2. The highest BCUT2D eigenvalue weighted by Crippen LogP contribution is 2.44. The molecule has 5 aromatic rings. The van der Waals surface area contributed by atoms with E-state index in [1.165, 1.54) is 4.90 Å². The number of nitrogens with two attached hydrogens (primary N) is 2. The van der Waals surface area contributed by atoms with Crippen LogP contribution in [-0.4, -0.2) is 88.2 Å². The number of hydrogen-bond acceptors (Lipinski definition) is 9. The zero-order valence-corrected chi connectivity index (χ0v) is 36.4. The van der Waals surface area contributed by atoms with E-state index in [2.05, 4.69) is 51.8 Å². The van der Waals surface area contributed by atoms with Crippen LogP contribution in [0.3, 0.4) is 0 Å². The van der Waals surface area contributed by atoms with Crippen molar-refractivity contribution in [1.82, 2.24) is 30.4 Å². The first-order chi connectivity index (χ1) is 30.4. The minimum absolute atomic E-state index is 0.0564. The molecule has 0 spiro atoms. The van der Waals surface area contributed by atoms with Gasteiger partial charge in [-0.05, 0) is 76.8 Å². The lowest BCUT2D eigenvalue weighted by atomic mass is 9.93. The second-order valence-electron chi connectivity index (χ2n) is 15.8. The van der Waals surface area contributed by atoms with Crippen LogP contribution < -0.4 is 22.1 Å². The van der Waals surface area contributed by atoms with E-state index < -0.39 is 24.0 Å². The molecule has 0 bridgehead atoms. The fourth-order valence-electron chi connectivity index (χ4n) is 7.95. The van der Waals surface area contributed by atoms with Gasteiger partial charge >= 0.3 is 12.2 Å². The third kappa shape index (κ3) is 12.0. The van der Waals surface area contributed by atoms with Crippen molar-refractivity contribution < 1.29 is 29.0 Å². The third-order valence-corrected chi connectivity index (χ3v) is 11.6. The van der Waals surface area contributed by atoms with Gasteiger partial charge < -0.3 is 41.7 Å². The molecule has 330 valence electrons. The fraction of sp³-hybridized carbons (Fsp3) is 0.333. The number of nitrogen functional groups attached to an aromatic ring is 2. The predicted octanol–water partition coefficient (Wildman–Crippen LogP) is 7.93. The average Bonchev–Trinajstić information content (AvgIpc) is 3.60. The third-order valence-electron chi connectivity index (χ3n) is 11.3. The number of ether oxygens (including phenoxy) is 1. The number of unbranched alkanes of at least 4 members (excludes halogenated alkanes) is 3. The van der Waals surface area contributed by atoms with Gasteiger partial charge in [0.15, 0.2) is 22.5 Å². The number of carbonyl (C=O) groups is 4. The number of carbonyl (C=O) groups excluding carboxylic acids is 3. The van der Waals surface area contributed by atoms with Crippen LogP contribution in [0, 0.1) is 12.8 Å². The maximum atomic E-state index is 13.6. The van der Waals surface area contributed by atoms with Crippen molar-refractivity contribution in [2.24, 2.45) is 5.92 Å². The zero-order chi connectivity index (χ0) is 44.9. The Balaban J connectivity index is 1.09. The van der Waals surface area contributed by atoms with Crippen molar-refractivity contribution >= 4 is 47.2 Å². The molecule has 4 amide bonds. The Hall–Kier alpha value is -6.67. The van der Waals surface area contributed by atoms with Crippen LogP contribution in [0.15, 0.2) is 97.1 Å². The number of nitrogens with one attached hydrogen (secondary N) is 2. The molecule has 1 unspecified atom stereocenters. The monoisotopic (exact) mass is 874 g/mol. The number of aryl methyl sites for hydroxylation is 1. The summed E-state index contributed by atoms with van der Waals surface area (Å²) in [5.41, 5.74) is 18.9. The highest BCUT2D eigenvalue weighted by molar-refractivity contribution is 6.31. The molecule has 0 radical (unpaired) electrons. The van der Waals surface area contributed by atoms with Crippen molar-refractivity contribution in [3.05, 3.63) is 141 Å². The summed E-state index contributed by atoms with van der Waals surface area (Å²) in [4.78, 5) is 63.6. The minimum Gasteiger partial charge on any atom is -0.465 e. The summed E-state index contributed by atoms with van der Waals surface area (Å²) < 4.78 is 5.99. The van der Waals surface area contributed by atoms with Crippen molar-refractivity contribution in [3.8, 4) is 11.1 Å². The number of anilines is 2. The molecule has 14 nitrogen and oxygen atoms in total. The second kappa shape index (κ2) is 21.9. The van der Waals surface area contributed by atoms with Gasteiger partial charge in [0.25, 0.3) is 11.8 Å². The Labute approximate surface area is 373 Å². The predicted molar refractivity (Wildman–Crippen MR) is 245 cm³/mol. The first-order valence-corrected chi connectivity index (χ1v) is 21.7. The van der Waals surface area contributed by atoms with Crippen molar-refractivity contribution in [2.45, 2.75) is 58.4 Å². The van der Waals surface area contributed by atoms with Crippen molar-refractivity contribution in [1.29, 1.82) is 0 Å². The van der Waals surface area contributed by atoms with E-state index in [0.29, 0.717) is 18.5 Å². The van der Waals surface area contributed by atoms with E-state index in [9.17, 15) is 24.3 Å². The molecule has 1 aromatic heterocycles. The van der Waals surface area contributed by atoms with Crippen LogP contribution in [0.5, 0.6) is 0 Å². The number of amides is 4. The summed E-state index contributed by atoms with van der Waals surface area (Å²) in [7, 11) is 0. The Morgan fingerprint density at radius 3 is 2.16 bits per heavy atom. The molecule has 1 heterocycles. The van der Waals surface area contributed by atoms with Gasteiger partial charge in [-0.2, -0.15) is 0 Å². The summed E-state index contributed by atoms with van der Waals surface area (Å²) in [5, 5.41) is 15.8. The Kier molecular flexibility index (Phi) is 15.9. The Morgan fingerprint density at radius 1 is 0.810 bits per heavy atom. The normalized spacial score (nSPS) is 12.2. The molecule has 4 aromatic carbocycles. The standard InChI is InChI=1S/C48H55ClN8O6/c1-3-4-5-13-23-56(48(62)63-30-40-38-18-11-9-16-36(38)37-17-10-12-19-39(37)40)24-22-52-45(58)35-21-20-34(31(2)25-35)26-33(29-57(47(60)61)28-32-14-7-6-8-15-32)27-53-46(59)41-43(50)55-44(51)42(49)54-41/h6-12,14-21,25,33,40H,3-5,13,22-24,26-30H2,1-2H3,(H,52,58)(H,53,59)(H,60,61)(H4,50,51,55). The van der Waals surface area contributed by atoms with Crippen LogP contribution in [0.4, 0.5) is 21.2 Å². The van der Waals surface area contributed by atoms with E-state index in [0.717, 1.165) is 64.6 Å². The van der Waals surface area contributed by atoms with E-state index in [4.69, 9.17) is 27.8 Å². The molecule has 7 N–H and O–H groups in total. The highest BCUT2D eigenvalue weighted by atomic mass is 35.5. The second-order valence-corrected chi connectivity index (χ2v) is 16.2. The smallest absolute Gasteiger partial charge is 0.409 e. The van der Waals surface area contributed by atoms with Gasteiger partial charge in [-0.1, -0.05) is 123 Å². The molecule has 6 rings (SSSR count). The summed E-state index contributed by atoms with van der Waals surface area (Å²) in [6.07, 6.45) is 2.78. The lowest BCUT2D eigenvalue weighted by molar-refractivity contribution is 0.0907. The first-order valence-electron chi connectivity index (χ1n) is 21.3. The molecule has 0 saturated heterocycles. The van der Waals surface area contributed by atoms with Crippen LogP contribution in [0.1, 0.15) is 87.2 Å². The minimum atomic E-state index is -1.11. The summed E-state index contributed by atoms with van der Waals surface area (Å²) in [5.74, 6) is -1.71. The van der Waals surface area contributed by atoms with E-state index in [1.807, 2.05) is 67.6 Å². The average molecular weight is 875 g/mol. The summed E-state index contributed by atoms with van der Waals surface area (Å²) in [6.45, 7) is 5.52. The maximum absolute atomic E-state index is 13.6. The van der Waals surface area contributed by atoms with Gasteiger partial charge in [-0.25, -0.2) is 19.6 Å². The summed E-state index contributed by atoms with van der Waals surface area (Å²) in [6, 6.07) is 31.0. The van der Waals surface area contributed by atoms with E-state index in [1.54, 1.807) is 17.0 Å². The van der Waals surface area contributed by atoms with Gasteiger partial charge in [0.2, 0.25) is 0 Å². The van der Waals surface area contributed by atoms with Crippen molar-refractivity contribution in [3.63, 3.8) is 0 Å². The quantitative estimate of drug-likeness (QED) is 0.0478. The molecule has 15 heteroatoms. The highest BCUT2D eigenvalue weighted by Gasteiger charge is 2.30. The largest absolute Gasteiger partial charge is 0.465 e. The molecule has 1 aliphatic carbocycles. The number of halogens is 1. The number of fused-ring (bicyclic) bond motifs is 3. The molecule has 1 aliphatic rings. The molecular formula is C48H55ClN8O6.